The van der Waals surface area contributed by atoms with Crippen LogP contribution < -0.4 is 5.32 Å². The van der Waals surface area contributed by atoms with Crippen molar-refractivity contribution in [3.63, 3.8) is 0 Å². The Hall–Kier alpha value is -3.54. The molecule has 0 radical (unpaired) electrons. The smallest absolute Gasteiger partial charge is 0.291 e. The minimum Gasteiger partial charge on any atom is -0.451 e. The Morgan fingerprint density at radius 2 is 1.74 bits per heavy atom. The maximum atomic E-state index is 12.9. The summed E-state index contributed by atoms with van der Waals surface area (Å²) in [6.45, 7) is 5.99. The SMILES string of the molecule is Cc1ccc(-c2ccc(C(=O)Nc3cccc(-c4nc5cc(Cl)cc(Cl)c5o4)c3C)o2)cc1C. The zero-order valence-corrected chi connectivity index (χ0v) is 20.2. The average Bonchev–Trinajstić information content (AvgIpc) is 3.45. The van der Waals surface area contributed by atoms with Crippen LogP contribution in [0, 0.1) is 20.8 Å². The van der Waals surface area contributed by atoms with E-state index in [1.165, 1.54) is 5.56 Å². The number of fused-ring (bicyclic) bond motifs is 1. The maximum absolute atomic E-state index is 12.9. The van der Waals surface area contributed by atoms with Crippen molar-refractivity contribution < 1.29 is 13.6 Å². The number of benzene rings is 3. The van der Waals surface area contributed by atoms with E-state index in [1.807, 2.05) is 50.2 Å². The second-order valence-electron chi connectivity index (χ2n) is 8.15. The number of aryl methyl sites for hydroxylation is 2. The van der Waals surface area contributed by atoms with Crippen LogP contribution in [0.25, 0.3) is 33.9 Å². The van der Waals surface area contributed by atoms with Gasteiger partial charge in [-0.3, -0.25) is 4.79 Å². The van der Waals surface area contributed by atoms with Crippen LogP contribution in [0.1, 0.15) is 27.2 Å². The maximum Gasteiger partial charge on any atom is 0.291 e. The Morgan fingerprint density at radius 1 is 0.912 bits per heavy atom. The molecule has 0 aliphatic carbocycles. The molecule has 0 fully saturated rings. The van der Waals surface area contributed by atoms with Gasteiger partial charge in [0.1, 0.15) is 11.3 Å². The molecule has 0 aliphatic heterocycles. The number of hydrogen-bond acceptors (Lipinski definition) is 4. The summed E-state index contributed by atoms with van der Waals surface area (Å²) in [5, 5.41) is 3.80. The first-order valence-electron chi connectivity index (χ1n) is 10.6. The van der Waals surface area contributed by atoms with Crippen LogP contribution in [0.5, 0.6) is 0 Å². The number of amides is 1. The standard InChI is InChI=1S/C27H20Cl2N2O3/c1-14-7-8-17(11-15(14)2)23-9-10-24(33-23)26(32)30-21-6-4-5-19(16(21)3)27-31-22-13-18(28)12-20(29)25(22)34-27/h4-13H,1-3H3,(H,30,32). The number of halogens is 2. The van der Waals surface area contributed by atoms with Crippen LogP contribution in [-0.4, -0.2) is 10.9 Å². The predicted molar refractivity (Wildman–Crippen MR) is 136 cm³/mol. The Bertz CT molecular complexity index is 1570. The number of aromatic nitrogens is 1. The summed E-state index contributed by atoms with van der Waals surface area (Å²) in [7, 11) is 0. The zero-order chi connectivity index (χ0) is 24.0. The summed E-state index contributed by atoms with van der Waals surface area (Å²) in [6, 6.07) is 18.4. The first-order chi connectivity index (χ1) is 16.3. The average molecular weight is 491 g/mol. The second-order valence-corrected chi connectivity index (χ2v) is 8.99. The Kier molecular flexibility index (Phi) is 5.68. The summed E-state index contributed by atoms with van der Waals surface area (Å²) in [4.78, 5) is 17.5. The fourth-order valence-electron chi connectivity index (χ4n) is 3.77. The van der Waals surface area contributed by atoms with Crippen molar-refractivity contribution in [3.8, 4) is 22.8 Å². The monoisotopic (exact) mass is 490 g/mol. The highest BCUT2D eigenvalue weighted by molar-refractivity contribution is 6.38. The fraction of sp³-hybridized carbons (Fsp3) is 0.111. The zero-order valence-electron chi connectivity index (χ0n) is 18.7. The summed E-state index contributed by atoms with van der Waals surface area (Å²) >= 11 is 12.3. The van der Waals surface area contributed by atoms with Gasteiger partial charge in [-0.1, -0.05) is 41.4 Å². The van der Waals surface area contributed by atoms with Gasteiger partial charge in [-0.15, -0.1) is 0 Å². The van der Waals surface area contributed by atoms with Crippen molar-refractivity contribution in [2.24, 2.45) is 0 Å². The van der Waals surface area contributed by atoms with Crippen LogP contribution >= 0.6 is 23.2 Å². The summed E-state index contributed by atoms with van der Waals surface area (Å²) in [6.07, 6.45) is 0. The lowest BCUT2D eigenvalue weighted by atomic mass is 10.1. The van der Waals surface area contributed by atoms with Gasteiger partial charge in [-0.05, 0) is 79.9 Å². The first-order valence-corrected chi connectivity index (χ1v) is 11.4. The van der Waals surface area contributed by atoms with Gasteiger partial charge >= 0.3 is 0 Å². The van der Waals surface area contributed by atoms with E-state index in [9.17, 15) is 4.79 Å². The van der Waals surface area contributed by atoms with E-state index in [-0.39, 0.29) is 11.7 Å². The molecule has 0 saturated heterocycles. The Labute approximate surface area is 206 Å². The molecule has 34 heavy (non-hydrogen) atoms. The summed E-state index contributed by atoms with van der Waals surface area (Å²) in [5.41, 5.74) is 6.47. The highest BCUT2D eigenvalue weighted by atomic mass is 35.5. The molecule has 0 bridgehead atoms. The topological polar surface area (TPSA) is 68.3 Å². The molecule has 5 nitrogen and oxygen atoms in total. The van der Waals surface area contributed by atoms with Gasteiger partial charge in [-0.25, -0.2) is 4.98 Å². The van der Waals surface area contributed by atoms with Crippen LogP contribution in [0.15, 0.2) is 69.5 Å². The number of furan rings is 1. The minimum absolute atomic E-state index is 0.223. The van der Waals surface area contributed by atoms with E-state index in [0.717, 1.165) is 22.3 Å². The van der Waals surface area contributed by atoms with E-state index < -0.39 is 0 Å². The molecule has 0 unspecified atom stereocenters. The molecule has 2 heterocycles. The van der Waals surface area contributed by atoms with Crippen molar-refractivity contribution in [2.45, 2.75) is 20.8 Å². The first kappa shape index (κ1) is 22.3. The van der Waals surface area contributed by atoms with Crippen LogP contribution in [-0.2, 0) is 0 Å². The number of hydrogen-bond donors (Lipinski definition) is 1. The fourth-order valence-corrected chi connectivity index (χ4v) is 4.29. The van der Waals surface area contributed by atoms with E-state index in [4.69, 9.17) is 32.0 Å². The molecule has 0 atom stereocenters. The molecular weight excluding hydrogens is 471 g/mol. The molecule has 170 valence electrons. The van der Waals surface area contributed by atoms with Crippen LogP contribution in [0.4, 0.5) is 5.69 Å². The quantitative estimate of drug-likeness (QED) is 0.275. The van der Waals surface area contributed by atoms with Crippen molar-refractivity contribution in [1.82, 2.24) is 4.98 Å². The number of anilines is 1. The Morgan fingerprint density at radius 3 is 2.53 bits per heavy atom. The number of nitrogens with zero attached hydrogens (tertiary/aromatic N) is 1. The van der Waals surface area contributed by atoms with Crippen molar-refractivity contribution in [1.29, 1.82) is 0 Å². The van der Waals surface area contributed by atoms with Gasteiger partial charge in [0.05, 0.1) is 5.02 Å². The van der Waals surface area contributed by atoms with Gasteiger partial charge < -0.3 is 14.2 Å². The van der Waals surface area contributed by atoms with Crippen molar-refractivity contribution in [2.75, 3.05) is 5.32 Å². The molecular formula is C27H20Cl2N2O3. The van der Waals surface area contributed by atoms with Gasteiger partial charge in [0.15, 0.2) is 11.3 Å². The molecule has 1 N–H and O–H groups in total. The van der Waals surface area contributed by atoms with Crippen molar-refractivity contribution in [3.05, 3.63) is 93.2 Å². The highest BCUT2D eigenvalue weighted by Crippen LogP contribution is 2.35. The number of rotatable bonds is 4. The minimum atomic E-state index is -0.345. The lowest BCUT2D eigenvalue weighted by molar-refractivity contribution is 0.0997. The number of carbonyl (C=O) groups excluding carboxylic acids is 1. The lowest BCUT2D eigenvalue weighted by Crippen LogP contribution is -2.12. The van der Waals surface area contributed by atoms with Crippen LogP contribution in [0.3, 0.4) is 0 Å². The van der Waals surface area contributed by atoms with Gasteiger partial charge in [-0.2, -0.15) is 0 Å². The predicted octanol–water partition coefficient (Wildman–Crippen LogP) is 8.24. The third-order valence-electron chi connectivity index (χ3n) is 5.84. The van der Waals surface area contributed by atoms with E-state index >= 15 is 0 Å². The molecule has 1 amide bonds. The molecule has 0 aliphatic rings. The van der Waals surface area contributed by atoms with Gasteiger partial charge in [0, 0.05) is 21.8 Å². The lowest BCUT2D eigenvalue weighted by Gasteiger charge is -2.10. The van der Waals surface area contributed by atoms with Crippen molar-refractivity contribution >= 4 is 45.9 Å². The van der Waals surface area contributed by atoms with E-state index in [0.29, 0.717) is 38.5 Å². The molecule has 5 aromatic rings. The number of nitrogens with one attached hydrogen (secondary N) is 1. The second kappa shape index (κ2) is 8.67. The third-order valence-corrected chi connectivity index (χ3v) is 6.34. The van der Waals surface area contributed by atoms with Gasteiger partial charge in [0.2, 0.25) is 5.89 Å². The summed E-state index contributed by atoms with van der Waals surface area (Å²) < 4.78 is 11.8. The highest BCUT2D eigenvalue weighted by Gasteiger charge is 2.18. The number of oxazole rings is 1. The molecule has 7 heteroatoms. The molecule has 0 spiro atoms. The third kappa shape index (κ3) is 4.09. The van der Waals surface area contributed by atoms with E-state index in [1.54, 1.807) is 24.3 Å². The van der Waals surface area contributed by atoms with Crippen LogP contribution in [0.2, 0.25) is 10.0 Å². The summed E-state index contributed by atoms with van der Waals surface area (Å²) in [5.74, 6) is 0.910. The molecule has 3 aromatic carbocycles. The largest absolute Gasteiger partial charge is 0.451 e. The molecule has 2 aromatic heterocycles. The normalized spacial score (nSPS) is 11.2. The van der Waals surface area contributed by atoms with Gasteiger partial charge in [0.25, 0.3) is 5.91 Å². The molecule has 5 rings (SSSR count). The number of carbonyl (C=O) groups is 1. The van der Waals surface area contributed by atoms with E-state index in [2.05, 4.69) is 17.2 Å². The Balaban J connectivity index is 1.42. The molecule has 0 saturated carbocycles.